The van der Waals surface area contributed by atoms with Gasteiger partial charge in [-0.1, -0.05) is 13.8 Å². The van der Waals surface area contributed by atoms with Crippen molar-refractivity contribution < 1.29 is 14.7 Å². The van der Waals surface area contributed by atoms with Crippen molar-refractivity contribution in [2.75, 3.05) is 6.54 Å². The number of carboxylic acids is 1. The third kappa shape index (κ3) is 2.34. The molecule has 0 aromatic carbocycles. The minimum Gasteiger partial charge on any atom is -0.480 e. The van der Waals surface area contributed by atoms with Gasteiger partial charge in [0.05, 0.1) is 10.6 Å². The number of aliphatic carboxylic acids is 1. The number of aromatic nitrogens is 2. The van der Waals surface area contributed by atoms with E-state index in [0.717, 1.165) is 22.3 Å². The number of hydrogen-bond acceptors (Lipinski definition) is 4. The van der Waals surface area contributed by atoms with Crippen LogP contribution in [0.5, 0.6) is 0 Å². The summed E-state index contributed by atoms with van der Waals surface area (Å²) in [4.78, 5) is 27.5. The fourth-order valence-corrected chi connectivity index (χ4v) is 4.27. The maximum absolute atomic E-state index is 12.9. The Bertz CT molecular complexity index is 792. The van der Waals surface area contributed by atoms with E-state index in [1.54, 1.807) is 11.6 Å². The molecule has 0 saturated carbocycles. The molecule has 1 aliphatic heterocycles. The number of hydrogen-bond donors (Lipinski definition) is 1. The van der Waals surface area contributed by atoms with Crippen molar-refractivity contribution in [2.24, 2.45) is 7.05 Å². The highest BCUT2D eigenvalue weighted by Gasteiger charge is 2.46. The number of thiophene rings is 1. The van der Waals surface area contributed by atoms with Crippen LogP contribution in [0.3, 0.4) is 0 Å². The summed E-state index contributed by atoms with van der Waals surface area (Å²) in [5.74, 6) is -0.857. The van der Waals surface area contributed by atoms with Crippen LogP contribution >= 0.6 is 11.3 Å². The van der Waals surface area contributed by atoms with Gasteiger partial charge in [0, 0.05) is 19.0 Å². The lowest BCUT2D eigenvalue weighted by Crippen LogP contribution is -2.50. The second kappa shape index (κ2) is 5.33. The number of carbonyl (C=O) groups is 2. The molecule has 1 atom stereocenters. The van der Waals surface area contributed by atoms with Crippen molar-refractivity contribution in [3.05, 3.63) is 16.6 Å². The Balaban J connectivity index is 2.02. The molecule has 1 fully saturated rings. The standard InChI is InChI=1S/C16H21N3O3S/c1-9(2)12-10-8-11(23-14(10)18(4)17-12)13(20)19-7-5-6-16(19,3)15(21)22/h8-9H,5-7H2,1-4H3,(H,21,22). The summed E-state index contributed by atoms with van der Waals surface area (Å²) in [6, 6.07) is 1.87. The van der Waals surface area contributed by atoms with Gasteiger partial charge in [-0.15, -0.1) is 11.3 Å². The predicted molar refractivity (Wildman–Crippen MR) is 89.0 cm³/mol. The molecule has 1 saturated heterocycles. The molecule has 0 spiro atoms. The number of aryl methyl sites for hydroxylation is 1. The molecule has 1 amide bonds. The normalized spacial score (nSPS) is 21.5. The van der Waals surface area contributed by atoms with E-state index >= 15 is 0 Å². The van der Waals surface area contributed by atoms with Crippen LogP contribution in [0.4, 0.5) is 0 Å². The Morgan fingerprint density at radius 1 is 1.43 bits per heavy atom. The second-order valence-corrected chi connectivity index (χ2v) is 7.66. The van der Waals surface area contributed by atoms with Crippen LogP contribution in [-0.4, -0.2) is 43.7 Å². The Hall–Kier alpha value is -1.89. The van der Waals surface area contributed by atoms with Crippen molar-refractivity contribution in [2.45, 2.75) is 45.1 Å². The van der Waals surface area contributed by atoms with Gasteiger partial charge in [0.1, 0.15) is 10.4 Å². The van der Waals surface area contributed by atoms with Gasteiger partial charge in [0.2, 0.25) is 0 Å². The van der Waals surface area contributed by atoms with Gasteiger partial charge in [0.25, 0.3) is 5.91 Å². The summed E-state index contributed by atoms with van der Waals surface area (Å²) in [7, 11) is 1.87. The quantitative estimate of drug-likeness (QED) is 0.936. The van der Waals surface area contributed by atoms with E-state index in [4.69, 9.17) is 0 Å². The molecule has 124 valence electrons. The minimum atomic E-state index is -1.10. The van der Waals surface area contributed by atoms with E-state index in [9.17, 15) is 14.7 Å². The molecule has 1 unspecified atom stereocenters. The second-order valence-electron chi connectivity index (χ2n) is 6.63. The van der Waals surface area contributed by atoms with Crippen LogP contribution in [0.15, 0.2) is 6.07 Å². The van der Waals surface area contributed by atoms with Gasteiger partial charge < -0.3 is 10.0 Å². The van der Waals surface area contributed by atoms with Crippen molar-refractivity contribution in [1.82, 2.24) is 14.7 Å². The first-order chi connectivity index (χ1) is 10.8. The molecule has 6 nitrogen and oxygen atoms in total. The smallest absolute Gasteiger partial charge is 0.329 e. The molecular weight excluding hydrogens is 314 g/mol. The lowest BCUT2D eigenvalue weighted by atomic mass is 9.99. The van der Waals surface area contributed by atoms with Crippen LogP contribution in [0.1, 0.15) is 54.9 Å². The summed E-state index contributed by atoms with van der Waals surface area (Å²) in [6.45, 7) is 6.27. The van der Waals surface area contributed by atoms with Crippen molar-refractivity contribution >= 4 is 33.4 Å². The monoisotopic (exact) mass is 335 g/mol. The third-order valence-electron chi connectivity index (χ3n) is 4.64. The summed E-state index contributed by atoms with van der Waals surface area (Å²) >= 11 is 1.39. The van der Waals surface area contributed by atoms with Crippen molar-refractivity contribution in [1.29, 1.82) is 0 Å². The molecule has 0 radical (unpaired) electrons. The lowest BCUT2D eigenvalue weighted by molar-refractivity contribution is -0.147. The molecule has 1 aliphatic rings. The average molecular weight is 335 g/mol. The first-order valence-electron chi connectivity index (χ1n) is 7.77. The molecule has 0 aliphatic carbocycles. The molecule has 2 aromatic heterocycles. The molecule has 23 heavy (non-hydrogen) atoms. The topological polar surface area (TPSA) is 75.4 Å². The Morgan fingerprint density at radius 2 is 2.13 bits per heavy atom. The number of carbonyl (C=O) groups excluding carboxylic acids is 1. The molecule has 7 heteroatoms. The van der Waals surface area contributed by atoms with Gasteiger partial charge in [-0.25, -0.2) is 4.79 Å². The highest BCUT2D eigenvalue weighted by Crippen LogP contribution is 2.35. The Kier molecular flexibility index (Phi) is 3.71. The summed E-state index contributed by atoms with van der Waals surface area (Å²) in [5.41, 5.74) is -0.132. The van der Waals surface area contributed by atoms with Crippen LogP contribution in [-0.2, 0) is 11.8 Å². The van der Waals surface area contributed by atoms with Crippen LogP contribution in [0.2, 0.25) is 0 Å². The first-order valence-corrected chi connectivity index (χ1v) is 8.59. The van der Waals surface area contributed by atoms with Crippen LogP contribution in [0.25, 0.3) is 10.2 Å². The summed E-state index contributed by atoms with van der Waals surface area (Å²) < 4.78 is 1.80. The number of likely N-dealkylation sites (tertiary alicyclic amines) is 1. The highest BCUT2D eigenvalue weighted by atomic mass is 32.1. The van der Waals surface area contributed by atoms with Crippen LogP contribution in [0, 0.1) is 0 Å². The van der Waals surface area contributed by atoms with E-state index in [1.165, 1.54) is 16.2 Å². The zero-order valence-corrected chi connectivity index (χ0v) is 14.6. The van der Waals surface area contributed by atoms with E-state index in [1.807, 2.05) is 13.1 Å². The zero-order chi connectivity index (χ0) is 16.9. The van der Waals surface area contributed by atoms with Gasteiger partial charge in [0.15, 0.2) is 0 Å². The largest absolute Gasteiger partial charge is 0.480 e. The van der Waals surface area contributed by atoms with E-state index < -0.39 is 11.5 Å². The molecule has 3 heterocycles. The van der Waals surface area contributed by atoms with E-state index in [-0.39, 0.29) is 11.8 Å². The first kappa shape index (κ1) is 16.0. The number of fused-ring (bicyclic) bond motifs is 1. The fraction of sp³-hybridized carbons (Fsp3) is 0.562. The Labute approximate surface area is 138 Å². The molecule has 0 bridgehead atoms. The number of carboxylic acid groups (broad SMARTS) is 1. The molecular formula is C16H21N3O3S. The third-order valence-corrected chi connectivity index (χ3v) is 5.83. The Morgan fingerprint density at radius 3 is 2.74 bits per heavy atom. The predicted octanol–water partition coefficient (Wildman–Crippen LogP) is 2.84. The lowest BCUT2D eigenvalue weighted by Gasteiger charge is -2.30. The number of rotatable bonds is 3. The molecule has 2 aromatic rings. The highest BCUT2D eigenvalue weighted by molar-refractivity contribution is 7.20. The average Bonchev–Trinajstić information content (AvgIpc) is 3.14. The fourth-order valence-electron chi connectivity index (χ4n) is 3.24. The summed E-state index contributed by atoms with van der Waals surface area (Å²) in [6.07, 6.45) is 1.22. The number of nitrogens with zero attached hydrogens (tertiary/aromatic N) is 3. The minimum absolute atomic E-state index is 0.191. The zero-order valence-electron chi connectivity index (χ0n) is 13.8. The van der Waals surface area contributed by atoms with Gasteiger partial charge in [-0.3, -0.25) is 9.48 Å². The van der Waals surface area contributed by atoms with Crippen LogP contribution < -0.4 is 0 Å². The van der Waals surface area contributed by atoms with Gasteiger partial charge in [-0.2, -0.15) is 5.10 Å². The van der Waals surface area contributed by atoms with E-state index in [0.29, 0.717) is 17.8 Å². The SMILES string of the molecule is CC(C)c1nn(C)c2sc(C(=O)N3CCCC3(C)C(=O)O)cc12. The maximum atomic E-state index is 12.9. The number of amides is 1. The van der Waals surface area contributed by atoms with Gasteiger partial charge in [-0.05, 0) is 31.7 Å². The van der Waals surface area contributed by atoms with E-state index in [2.05, 4.69) is 18.9 Å². The van der Waals surface area contributed by atoms with Gasteiger partial charge >= 0.3 is 5.97 Å². The summed E-state index contributed by atoms with van der Waals surface area (Å²) in [5, 5.41) is 15.0. The molecule has 3 rings (SSSR count). The molecule has 1 N–H and O–H groups in total. The maximum Gasteiger partial charge on any atom is 0.329 e. The van der Waals surface area contributed by atoms with Crippen molar-refractivity contribution in [3.63, 3.8) is 0 Å². The van der Waals surface area contributed by atoms with Crippen molar-refractivity contribution in [3.8, 4) is 0 Å².